The van der Waals surface area contributed by atoms with Gasteiger partial charge in [-0.15, -0.1) is 0 Å². The molecule has 0 saturated carbocycles. The Balaban J connectivity index is 2.13. The summed E-state index contributed by atoms with van der Waals surface area (Å²) < 4.78 is 0. The number of nitrogens with zero attached hydrogens (tertiary/aromatic N) is 1. The van der Waals surface area contributed by atoms with E-state index in [4.69, 9.17) is 0 Å². The van der Waals surface area contributed by atoms with Crippen LogP contribution in [0.4, 0.5) is 0 Å². The summed E-state index contributed by atoms with van der Waals surface area (Å²) >= 11 is 0. The van der Waals surface area contributed by atoms with Crippen LogP contribution in [0.3, 0.4) is 0 Å². The number of aromatic hydroxyl groups is 1. The monoisotopic (exact) mass is 256 g/mol. The maximum atomic E-state index is 9.94. The Morgan fingerprint density at radius 3 is 2.63 bits per heavy atom. The number of phenols is 1. The van der Waals surface area contributed by atoms with Crippen LogP contribution in [-0.2, 0) is 0 Å². The molecule has 0 spiro atoms. The molecule has 0 saturated heterocycles. The molecule has 2 N–H and O–H groups in total. The van der Waals surface area contributed by atoms with Crippen molar-refractivity contribution < 1.29 is 5.11 Å². The Morgan fingerprint density at radius 1 is 1.16 bits per heavy atom. The van der Waals surface area contributed by atoms with E-state index in [0.29, 0.717) is 5.75 Å². The van der Waals surface area contributed by atoms with Crippen LogP contribution in [-0.4, -0.2) is 10.1 Å². The van der Waals surface area contributed by atoms with E-state index in [-0.39, 0.29) is 12.1 Å². The Bertz CT molecular complexity index is 540. The molecular formula is C16H20N2O. The molecule has 19 heavy (non-hydrogen) atoms. The molecule has 1 unspecified atom stereocenters. The van der Waals surface area contributed by atoms with E-state index in [1.54, 1.807) is 12.3 Å². The lowest BCUT2D eigenvalue weighted by atomic mass is 10.0. The first kappa shape index (κ1) is 13.6. The van der Waals surface area contributed by atoms with Crippen LogP contribution in [0.1, 0.15) is 42.6 Å². The molecular weight excluding hydrogens is 236 g/mol. The van der Waals surface area contributed by atoms with Gasteiger partial charge in [-0.05, 0) is 38.5 Å². The lowest BCUT2D eigenvalue weighted by Gasteiger charge is -2.21. The first-order valence-corrected chi connectivity index (χ1v) is 6.53. The number of hydrogen-bond acceptors (Lipinski definition) is 3. The van der Waals surface area contributed by atoms with Crippen LogP contribution in [0.25, 0.3) is 0 Å². The number of aromatic nitrogens is 1. The van der Waals surface area contributed by atoms with Crippen molar-refractivity contribution >= 4 is 0 Å². The third kappa shape index (κ3) is 3.32. The van der Waals surface area contributed by atoms with E-state index in [9.17, 15) is 5.11 Å². The molecule has 3 heteroatoms. The first-order chi connectivity index (χ1) is 9.08. The number of nitrogens with one attached hydrogen (secondary N) is 1. The Labute approximate surface area is 114 Å². The van der Waals surface area contributed by atoms with Gasteiger partial charge in [0.2, 0.25) is 0 Å². The zero-order chi connectivity index (χ0) is 13.8. The summed E-state index contributed by atoms with van der Waals surface area (Å²) in [6, 6.07) is 9.92. The maximum absolute atomic E-state index is 9.94. The molecule has 1 aromatic heterocycles. The zero-order valence-corrected chi connectivity index (χ0v) is 11.6. The predicted molar refractivity (Wildman–Crippen MR) is 77.0 cm³/mol. The minimum atomic E-state index is 0.0788. The maximum Gasteiger partial charge on any atom is 0.120 e. The van der Waals surface area contributed by atoms with Gasteiger partial charge in [-0.25, -0.2) is 0 Å². The highest BCUT2D eigenvalue weighted by Crippen LogP contribution is 2.27. The topological polar surface area (TPSA) is 45.1 Å². The highest BCUT2D eigenvalue weighted by Gasteiger charge is 2.14. The molecule has 0 amide bonds. The smallest absolute Gasteiger partial charge is 0.120 e. The summed E-state index contributed by atoms with van der Waals surface area (Å²) in [7, 11) is 0. The van der Waals surface area contributed by atoms with Crippen molar-refractivity contribution in [2.75, 3.05) is 0 Å². The number of benzene rings is 1. The largest absolute Gasteiger partial charge is 0.508 e. The van der Waals surface area contributed by atoms with Gasteiger partial charge in [0, 0.05) is 30.0 Å². The van der Waals surface area contributed by atoms with Gasteiger partial charge in [-0.2, -0.15) is 0 Å². The SMILES string of the molecule is Cc1ccc(O)c(C(C)N[C@H](C)c2cccnc2)c1. The third-order valence-electron chi connectivity index (χ3n) is 3.33. The molecule has 0 aliphatic heterocycles. The summed E-state index contributed by atoms with van der Waals surface area (Å²) in [6.07, 6.45) is 3.63. The number of rotatable bonds is 4. The molecule has 0 aliphatic carbocycles. The van der Waals surface area contributed by atoms with Gasteiger partial charge in [0.1, 0.15) is 5.75 Å². The van der Waals surface area contributed by atoms with Gasteiger partial charge >= 0.3 is 0 Å². The highest BCUT2D eigenvalue weighted by molar-refractivity contribution is 5.37. The first-order valence-electron chi connectivity index (χ1n) is 6.53. The van der Waals surface area contributed by atoms with Crippen molar-refractivity contribution in [2.45, 2.75) is 32.9 Å². The number of pyridine rings is 1. The van der Waals surface area contributed by atoms with Crippen LogP contribution in [0.5, 0.6) is 5.75 Å². The summed E-state index contributed by atoms with van der Waals surface area (Å²) in [5.41, 5.74) is 3.22. The van der Waals surface area contributed by atoms with Crippen LogP contribution in [0.2, 0.25) is 0 Å². The normalized spacial score (nSPS) is 14.1. The van der Waals surface area contributed by atoms with Crippen molar-refractivity contribution in [1.82, 2.24) is 10.3 Å². The van der Waals surface area contributed by atoms with Crippen molar-refractivity contribution in [3.63, 3.8) is 0 Å². The zero-order valence-electron chi connectivity index (χ0n) is 11.6. The van der Waals surface area contributed by atoms with Crippen LogP contribution >= 0.6 is 0 Å². The van der Waals surface area contributed by atoms with Gasteiger partial charge in [-0.3, -0.25) is 4.98 Å². The van der Waals surface area contributed by atoms with Gasteiger partial charge in [0.15, 0.2) is 0 Å². The van der Waals surface area contributed by atoms with E-state index >= 15 is 0 Å². The van der Waals surface area contributed by atoms with Crippen molar-refractivity contribution in [2.24, 2.45) is 0 Å². The molecule has 2 aromatic rings. The van der Waals surface area contributed by atoms with Gasteiger partial charge in [-0.1, -0.05) is 23.8 Å². The van der Waals surface area contributed by atoms with Crippen LogP contribution in [0, 0.1) is 6.92 Å². The number of hydrogen-bond donors (Lipinski definition) is 2. The summed E-state index contributed by atoms with van der Waals surface area (Å²) in [4.78, 5) is 4.13. The lowest BCUT2D eigenvalue weighted by Crippen LogP contribution is -2.22. The van der Waals surface area contributed by atoms with E-state index in [1.165, 1.54) is 0 Å². The lowest BCUT2D eigenvalue weighted by molar-refractivity contribution is 0.438. The highest BCUT2D eigenvalue weighted by atomic mass is 16.3. The van der Waals surface area contributed by atoms with Crippen LogP contribution < -0.4 is 5.32 Å². The van der Waals surface area contributed by atoms with Crippen molar-refractivity contribution in [3.05, 3.63) is 59.4 Å². The predicted octanol–water partition coefficient (Wildman–Crippen LogP) is 3.51. The average Bonchev–Trinajstić information content (AvgIpc) is 2.42. The molecule has 0 fully saturated rings. The number of phenolic OH excluding ortho intramolecular Hbond substituents is 1. The second kappa shape index (κ2) is 5.85. The van der Waals surface area contributed by atoms with Gasteiger partial charge < -0.3 is 10.4 Å². The molecule has 100 valence electrons. The van der Waals surface area contributed by atoms with E-state index in [0.717, 1.165) is 16.7 Å². The molecule has 2 rings (SSSR count). The number of aryl methyl sites for hydroxylation is 1. The fourth-order valence-electron chi connectivity index (χ4n) is 2.21. The van der Waals surface area contributed by atoms with Gasteiger partial charge in [0.25, 0.3) is 0 Å². The fraction of sp³-hybridized carbons (Fsp3) is 0.312. The molecule has 2 atom stereocenters. The minimum Gasteiger partial charge on any atom is -0.508 e. The van der Waals surface area contributed by atoms with E-state index in [1.807, 2.05) is 37.4 Å². The van der Waals surface area contributed by atoms with Crippen LogP contribution in [0.15, 0.2) is 42.7 Å². The Kier molecular flexibility index (Phi) is 4.17. The van der Waals surface area contributed by atoms with Crippen molar-refractivity contribution in [3.8, 4) is 5.75 Å². The molecule has 0 aliphatic rings. The Morgan fingerprint density at radius 2 is 1.95 bits per heavy atom. The van der Waals surface area contributed by atoms with E-state index < -0.39 is 0 Å². The quantitative estimate of drug-likeness (QED) is 0.880. The average molecular weight is 256 g/mol. The summed E-state index contributed by atoms with van der Waals surface area (Å²) in [6.45, 7) is 6.18. The summed E-state index contributed by atoms with van der Waals surface area (Å²) in [5, 5.41) is 13.4. The second-order valence-electron chi connectivity index (χ2n) is 4.96. The van der Waals surface area contributed by atoms with E-state index in [2.05, 4.69) is 24.1 Å². The van der Waals surface area contributed by atoms with Crippen molar-refractivity contribution in [1.29, 1.82) is 0 Å². The minimum absolute atomic E-state index is 0.0788. The van der Waals surface area contributed by atoms with Gasteiger partial charge in [0.05, 0.1) is 0 Å². The Hall–Kier alpha value is -1.87. The molecule has 0 bridgehead atoms. The second-order valence-corrected chi connectivity index (χ2v) is 4.96. The fourth-order valence-corrected chi connectivity index (χ4v) is 2.21. The molecule has 0 radical (unpaired) electrons. The molecule has 1 aromatic carbocycles. The molecule has 3 nitrogen and oxygen atoms in total. The molecule has 1 heterocycles. The third-order valence-corrected chi connectivity index (χ3v) is 3.33. The summed E-state index contributed by atoms with van der Waals surface area (Å²) in [5.74, 6) is 0.337. The standard InChI is InChI=1S/C16H20N2O/c1-11-6-7-16(19)15(9-11)13(3)18-12(2)14-5-4-8-17-10-14/h4-10,12-13,18-19H,1-3H3/t12-,13?/m1/s1.